The second-order valence-corrected chi connectivity index (χ2v) is 10.8. The predicted molar refractivity (Wildman–Crippen MR) is 164 cm³/mol. The number of hydrogen-bond donors (Lipinski definition) is 3. The normalized spacial score (nSPS) is 12.5. The van der Waals surface area contributed by atoms with Crippen molar-refractivity contribution in [2.24, 2.45) is 11.3 Å². The van der Waals surface area contributed by atoms with Gasteiger partial charge in [0.15, 0.2) is 0 Å². The Hall–Kier alpha value is -3.81. The van der Waals surface area contributed by atoms with Crippen LogP contribution >= 0.6 is 0 Å². The molecule has 0 aliphatic carbocycles. The lowest BCUT2D eigenvalue weighted by Crippen LogP contribution is -2.34. The van der Waals surface area contributed by atoms with Gasteiger partial charge < -0.3 is 25.0 Å². The van der Waals surface area contributed by atoms with E-state index in [9.17, 15) is 4.79 Å². The lowest BCUT2D eigenvalue weighted by molar-refractivity contribution is -0.156. The molecule has 0 fully saturated rings. The maximum atomic E-state index is 13.5. The van der Waals surface area contributed by atoms with Crippen LogP contribution in [0.25, 0.3) is 0 Å². The van der Waals surface area contributed by atoms with E-state index < -0.39 is 5.41 Å². The van der Waals surface area contributed by atoms with Gasteiger partial charge >= 0.3 is 5.97 Å². The van der Waals surface area contributed by atoms with Crippen LogP contribution in [0.15, 0.2) is 84.7 Å². The van der Waals surface area contributed by atoms with Crippen molar-refractivity contribution >= 4 is 5.97 Å². The van der Waals surface area contributed by atoms with Crippen LogP contribution in [0.5, 0.6) is 5.75 Å². The second-order valence-electron chi connectivity index (χ2n) is 10.8. The average molecular weight is 560 g/mol. The van der Waals surface area contributed by atoms with Crippen LogP contribution in [0, 0.1) is 12.3 Å². The van der Waals surface area contributed by atoms with Gasteiger partial charge in [0.25, 0.3) is 0 Å². The molecule has 0 saturated carbocycles. The van der Waals surface area contributed by atoms with E-state index in [1.807, 2.05) is 81.6 Å². The molecule has 0 heterocycles. The van der Waals surface area contributed by atoms with Crippen molar-refractivity contribution < 1.29 is 19.0 Å². The molecule has 0 aromatic heterocycles. The third-order valence-electron chi connectivity index (χ3n) is 7.44. The minimum atomic E-state index is -0.789. The van der Waals surface area contributed by atoms with E-state index in [1.54, 1.807) is 7.11 Å². The standard InChI is InChI=1S/C34H45N3O4/c1-6-36-21-30(37-35)16-19-32(34(3,4)33(38)41-23-26-10-8-7-9-11-26)28-15-12-25(2)29(20-28)24-40-22-27-13-17-31(39-5)18-14-27/h7-15,17-18,20-21,32,36-37H,6,16,19,22-24,35H2,1-5H3/b30-21-. The summed E-state index contributed by atoms with van der Waals surface area (Å²) in [5.41, 5.74) is 8.23. The average Bonchev–Trinajstić information content (AvgIpc) is 2.99. The third kappa shape index (κ3) is 9.37. The Balaban J connectivity index is 1.81. The van der Waals surface area contributed by atoms with Crippen molar-refractivity contribution in [2.45, 2.75) is 66.3 Å². The van der Waals surface area contributed by atoms with Crippen molar-refractivity contribution in [3.8, 4) is 5.75 Å². The molecule has 220 valence electrons. The predicted octanol–water partition coefficient (Wildman–Crippen LogP) is 6.27. The van der Waals surface area contributed by atoms with Gasteiger partial charge in [0, 0.05) is 18.4 Å². The first-order valence-corrected chi connectivity index (χ1v) is 14.2. The summed E-state index contributed by atoms with van der Waals surface area (Å²) in [5, 5.41) is 3.20. The molecular formula is C34H45N3O4. The summed E-state index contributed by atoms with van der Waals surface area (Å²) in [6.07, 6.45) is 3.26. The van der Waals surface area contributed by atoms with E-state index in [-0.39, 0.29) is 18.5 Å². The fourth-order valence-electron chi connectivity index (χ4n) is 4.77. The van der Waals surface area contributed by atoms with Gasteiger partial charge in [-0.1, -0.05) is 60.7 Å². The number of carbonyl (C=O) groups excluding carboxylic acids is 1. The fraction of sp³-hybridized carbons (Fsp3) is 0.382. The number of aryl methyl sites for hydroxylation is 1. The molecule has 7 heteroatoms. The number of hydrogen-bond acceptors (Lipinski definition) is 7. The maximum Gasteiger partial charge on any atom is 0.312 e. The van der Waals surface area contributed by atoms with Gasteiger partial charge in [0.05, 0.1) is 25.7 Å². The molecule has 0 spiro atoms. The van der Waals surface area contributed by atoms with Crippen LogP contribution in [0.2, 0.25) is 0 Å². The number of methoxy groups -OCH3 is 1. The highest BCUT2D eigenvalue weighted by molar-refractivity contribution is 5.77. The molecule has 3 aromatic carbocycles. The molecule has 0 saturated heterocycles. The van der Waals surface area contributed by atoms with Crippen LogP contribution in [-0.2, 0) is 34.1 Å². The Morgan fingerprint density at radius 3 is 2.34 bits per heavy atom. The lowest BCUT2D eigenvalue weighted by atomic mass is 9.72. The fourth-order valence-corrected chi connectivity index (χ4v) is 4.77. The molecule has 0 aliphatic heterocycles. The van der Waals surface area contributed by atoms with Crippen LogP contribution in [-0.4, -0.2) is 19.6 Å². The zero-order valence-electron chi connectivity index (χ0n) is 25.0. The van der Waals surface area contributed by atoms with Gasteiger partial charge in [-0.3, -0.25) is 10.6 Å². The number of esters is 1. The van der Waals surface area contributed by atoms with E-state index in [1.165, 1.54) is 0 Å². The Kier molecular flexibility index (Phi) is 12.3. The molecule has 1 atom stereocenters. The number of hydrazine groups is 1. The number of nitrogens with two attached hydrogens (primary N) is 1. The molecule has 1 unspecified atom stereocenters. The molecule has 0 amide bonds. The Labute approximate surface area is 245 Å². The highest BCUT2D eigenvalue weighted by Crippen LogP contribution is 2.41. The first-order chi connectivity index (χ1) is 19.8. The number of nitrogens with one attached hydrogen (secondary N) is 2. The highest BCUT2D eigenvalue weighted by atomic mass is 16.5. The minimum absolute atomic E-state index is 0.120. The Morgan fingerprint density at radius 2 is 1.68 bits per heavy atom. The van der Waals surface area contributed by atoms with E-state index in [0.717, 1.165) is 45.8 Å². The van der Waals surface area contributed by atoms with Gasteiger partial charge in [-0.2, -0.15) is 0 Å². The third-order valence-corrected chi connectivity index (χ3v) is 7.44. The van der Waals surface area contributed by atoms with Crippen LogP contribution in [0.1, 0.15) is 67.3 Å². The van der Waals surface area contributed by atoms with E-state index in [4.69, 9.17) is 20.1 Å². The summed E-state index contributed by atoms with van der Waals surface area (Å²) in [5.74, 6) is 6.28. The summed E-state index contributed by atoms with van der Waals surface area (Å²) in [6.45, 7) is 10.0. The molecule has 3 rings (SSSR count). The van der Waals surface area contributed by atoms with Crippen molar-refractivity contribution in [3.05, 3.63) is 113 Å². The first kappa shape index (κ1) is 31.7. The van der Waals surface area contributed by atoms with Gasteiger partial charge in [0.1, 0.15) is 12.4 Å². The maximum absolute atomic E-state index is 13.5. The molecule has 0 bridgehead atoms. The van der Waals surface area contributed by atoms with Gasteiger partial charge in [-0.25, -0.2) is 0 Å². The minimum Gasteiger partial charge on any atom is -0.497 e. The summed E-state index contributed by atoms with van der Waals surface area (Å²) in [6, 6.07) is 24.0. The lowest BCUT2D eigenvalue weighted by Gasteiger charge is -2.33. The zero-order valence-corrected chi connectivity index (χ0v) is 25.0. The van der Waals surface area contributed by atoms with Gasteiger partial charge in [0.2, 0.25) is 0 Å². The summed E-state index contributed by atoms with van der Waals surface area (Å²) in [4.78, 5) is 13.5. The molecular weight excluding hydrogens is 514 g/mol. The largest absolute Gasteiger partial charge is 0.497 e. The SMILES string of the molecule is CCN/C=C(/CCC(c1ccc(C)c(COCc2ccc(OC)cc2)c1)C(C)(C)C(=O)OCc1ccccc1)NN. The molecule has 0 aliphatic rings. The van der Waals surface area contributed by atoms with Crippen molar-refractivity contribution in [2.75, 3.05) is 13.7 Å². The van der Waals surface area contributed by atoms with E-state index in [2.05, 4.69) is 35.9 Å². The Morgan fingerprint density at radius 1 is 0.976 bits per heavy atom. The topological polar surface area (TPSA) is 94.8 Å². The summed E-state index contributed by atoms with van der Waals surface area (Å²) < 4.78 is 17.2. The van der Waals surface area contributed by atoms with E-state index >= 15 is 0 Å². The smallest absolute Gasteiger partial charge is 0.312 e. The Bertz CT molecular complexity index is 1260. The van der Waals surface area contributed by atoms with Crippen LogP contribution in [0.4, 0.5) is 0 Å². The molecule has 41 heavy (non-hydrogen) atoms. The van der Waals surface area contributed by atoms with Crippen molar-refractivity contribution in [1.29, 1.82) is 0 Å². The second kappa shape index (κ2) is 15.8. The number of rotatable bonds is 16. The van der Waals surface area contributed by atoms with Gasteiger partial charge in [-0.15, -0.1) is 0 Å². The van der Waals surface area contributed by atoms with E-state index in [0.29, 0.717) is 26.1 Å². The first-order valence-electron chi connectivity index (χ1n) is 14.2. The number of carbonyl (C=O) groups is 1. The monoisotopic (exact) mass is 559 g/mol. The number of allylic oxidation sites excluding steroid dienone is 1. The zero-order chi connectivity index (χ0) is 29.7. The molecule has 3 aromatic rings. The molecule has 0 radical (unpaired) electrons. The van der Waals surface area contributed by atoms with Crippen LogP contribution in [0.3, 0.4) is 0 Å². The highest BCUT2D eigenvalue weighted by Gasteiger charge is 2.39. The summed E-state index contributed by atoms with van der Waals surface area (Å²) >= 11 is 0. The quantitative estimate of drug-likeness (QED) is 0.108. The number of ether oxygens (including phenoxy) is 3. The number of benzene rings is 3. The van der Waals surface area contributed by atoms with Crippen molar-refractivity contribution in [1.82, 2.24) is 10.7 Å². The summed E-state index contributed by atoms with van der Waals surface area (Å²) in [7, 11) is 1.66. The van der Waals surface area contributed by atoms with Gasteiger partial charge in [-0.05, 0) is 86.4 Å². The molecule has 4 N–H and O–H groups in total. The van der Waals surface area contributed by atoms with Crippen LogP contribution < -0.4 is 21.3 Å². The van der Waals surface area contributed by atoms with Crippen molar-refractivity contribution in [3.63, 3.8) is 0 Å². The molecule has 7 nitrogen and oxygen atoms in total.